The number of hydrogen-bond donors (Lipinski definition) is 4. The van der Waals surface area contributed by atoms with Crippen molar-refractivity contribution >= 4 is 11.8 Å². The zero-order chi connectivity index (χ0) is 32.4. The molecule has 8 nitrogen and oxygen atoms in total. The van der Waals surface area contributed by atoms with Gasteiger partial charge in [0, 0.05) is 50.0 Å². The van der Waals surface area contributed by atoms with E-state index in [2.05, 4.69) is 36.0 Å². The molecule has 1 saturated heterocycles. The first-order chi connectivity index (χ1) is 22.7. The van der Waals surface area contributed by atoms with E-state index in [9.17, 15) is 17.6 Å². The molecule has 258 valence electrons. The quantitative estimate of drug-likeness (QED) is 0.188. The highest BCUT2D eigenvalue weighted by atomic mass is 19.4. The van der Waals surface area contributed by atoms with E-state index in [1.807, 2.05) is 0 Å². The predicted octanol–water partition coefficient (Wildman–Crippen LogP) is 6.65. The van der Waals surface area contributed by atoms with Gasteiger partial charge in [-0.25, -0.2) is 9.37 Å². The van der Waals surface area contributed by atoms with Crippen molar-refractivity contribution in [2.75, 3.05) is 36.9 Å². The largest absolute Gasteiger partial charge is 0.573 e. The highest BCUT2D eigenvalue weighted by molar-refractivity contribution is 5.43. The van der Waals surface area contributed by atoms with Crippen molar-refractivity contribution in [1.29, 1.82) is 0 Å². The van der Waals surface area contributed by atoms with Gasteiger partial charge in [-0.2, -0.15) is 4.98 Å². The van der Waals surface area contributed by atoms with E-state index in [4.69, 9.17) is 4.74 Å². The van der Waals surface area contributed by atoms with Crippen LogP contribution < -0.4 is 26.0 Å². The molecule has 0 radical (unpaired) electrons. The minimum atomic E-state index is -4.80. The molecular formula is C35H48F4N6O2. The number of nitrogens with one attached hydrogen (secondary N) is 4. The molecule has 47 heavy (non-hydrogen) atoms. The van der Waals surface area contributed by atoms with Gasteiger partial charge in [-0.05, 0) is 112 Å². The molecule has 0 amide bonds. The van der Waals surface area contributed by atoms with Gasteiger partial charge >= 0.3 is 6.36 Å². The van der Waals surface area contributed by atoms with Crippen molar-refractivity contribution in [3.63, 3.8) is 0 Å². The number of aromatic nitrogens is 2. The molecule has 1 unspecified atom stereocenters. The standard InChI is InChI=1S/C35H48F4N6O2/c36-29-20-42-33(41-19-24-3-1-2-4-30(24)47-35(37,38)39)45-32(29)43-21-34-15-23-13-25(16-34)31(26(14-23)17-34)40-18-22-5-7-27(8-6-22)44-28-9-11-46-12-10-28/h1-4,20,22-23,25-28,31,40,44H,5-19,21H2,(H2,41,42,43,45)/t22-,23?,25-,26+,27+,31-,34-. The first kappa shape index (κ1) is 32.8. The van der Waals surface area contributed by atoms with Crippen molar-refractivity contribution in [3.8, 4) is 5.75 Å². The van der Waals surface area contributed by atoms with Crippen LogP contribution in [0.15, 0.2) is 30.5 Å². The lowest BCUT2D eigenvalue weighted by molar-refractivity contribution is -0.274. The Kier molecular flexibility index (Phi) is 9.80. The third-order valence-electron chi connectivity index (χ3n) is 11.6. The molecule has 4 bridgehead atoms. The van der Waals surface area contributed by atoms with Crippen LogP contribution in [-0.4, -0.2) is 60.8 Å². The molecule has 2 aromatic rings. The summed E-state index contributed by atoms with van der Waals surface area (Å²) in [6, 6.07) is 7.75. The van der Waals surface area contributed by atoms with Crippen molar-refractivity contribution in [1.82, 2.24) is 20.6 Å². The van der Waals surface area contributed by atoms with Crippen LogP contribution in [0.5, 0.6) is 5.75 Å². The molecule has 12 heteroatoms. The third kappa shape index (κ3) is 8.13. The summed E-state index contributed by atoms with van der Waals surface area (Å²) >= 11 is 0. The van der Waals surface area contributed by atoms with Crippen LogP contribution in [0.4, 0.5) is 29.3 Å². The predicted molar refractivity (Wildman–Crippen MR) is 171 cm³/mol. The van der Waals surface area contributed by atoms with Crippen molar-refractivity contribution in [2.24, 2.45) is 29.1 Å². The van der Waals surface area contributed by atoms with Gasteiger partial charge in [0.2, 0.25) is 5.95 Å². The second-order valence-corrected chi connectivity index (χ2v) is 14.9. The van der Waals surface area contributed by atoms with Crippen LogP contribution in [0, 0.1) is 34.9 Å². The van der Waals surface area contributed by atoms with Crippen molar-refractivity contribution < 1.29 is 27.0 Å². The van der Waals surface area contributed by atoms with Gasteiger partial charge in [-0.1, -0.05) is 18.2 Å². The molecule has 6 fully saturated rings. The van der Waals surface area contributed by atoms with Crippen molar-refractivity contribution in [3.05, 3.63) is 41.8 Å². The average molecular weight is 661 g/mol. The fraction of sp³-hybridized carbons (Fsp3) is 0.714. The van der Waals surface area contributed by atoms with Crippen LogP contribution in [0.1, 0.15) is 76.2 Å². The number of nitrogens with zero attached hydrogens (tertiary/aromatic N) is 2. The lowest BCUT2D eigenvalue weighted by Gasteiger charge is -2.60. The lowest BCUT2D eigenvalue weighted by Crippen LogP contribution is -2.60. The molecule has 6 aliphatic rings. The maximum absolute atomic E-state index is 14.8. The second kappa shape index (κ2) is 14.0. The summed E-state index contributed by atoms with van der Waals surface area (Å²) in [5, 5.41) is 14.2. The Labute approximate surface area is 274 Å². The third-order valence-corrected chi connectivity index (χ3v) is 11.6. The normalized spacial score (nSPS) is 32.3. The maximum Gasteiger partial charge on any atom is 0.573 e. The number of halogens is 4. The molecule has 5 saturated carbocycles. The van der Waals surface area contributed by atoms with Crippen molar-refractivity contribution in [2.45, 2.75) is 102 Å². The molecular weight excluding hydrogens is 612 g/mol. The van der Waals surface area contributed by atoms with Crippen LogP contribution >= 0.6 is 0 Å². The molecule has 5 atom stereocenters. The number of hydrogen-bond acceptors (Lipinski definition) is 8. The summed E-state index contributed by atoms with van der Waals surface area (Å²) in [5.74, 6) is 2.21. The first-order valence-electron chi connectivity index (χ1n) is 17.6. The van der Waals surface area contributed by atoms with Crippen LogP contribution in [0.2, 0.25) is 0 Å². The molecule has 4 N–H and O–H groups in total. The molecule has 1 aliphatic heterocycles. The number of para-hydroxylation sites is 1. The second-order valence-electron chi connectivity index (χ2n) is 14.9. The van der Waals surface area contributed by atoms with Gasteiger partial charge in [0.25, 0.3) is 0 Å². The Balaban J connectivity index is 0.898. The number of rotatable bonds is 12. The topological polar surface area (TPSA) is 92.4 Å². The monoisotopic (exact) mass is 660 g/mol. The van der Waals surface area contributed by atoms with E-state index in [1.54, 1.807) is 6.07 Å². The molecule has 2 heterocycles. The van der Waals surface area contributed by atoms with E-state index in [1.165, 1.54) is 56.7 Å². The Bertz CT molecular complexity index is 1330. The number of alkyl halides is 3. The van der Waals surface area contributed by atoms with E-state index in [-0.39, 0.29) is 29.5 Å². The van der Waals surface area contributed by atoms with Gasteiger partial charge in [-0.15, -0.1) is 13.2 Å². The van der Waals surface area contributed by atoms with Crippen LogP contribution in [0.3, 0.4) is 0 Å². The van der Waals surface area contributed by atoms with Gasteiger partial charge in [-0.3, -0.25) is 0 Å². The van der Waals surface area contributed by atoms with Gasteiger partial charge in [0.1, 0.15) is 5.75 Å². The van der Waals surface area contributed by atoms with Crippen LogP contribution in [-0.2, 0) is 11.3 Å². The zero-order valence-corrected chi connectivity index (χ0v) is 27.0. The molecule has 5 aliphatic carbocycles. The van der Waals surface area contributed by atoms with Crippen LogP contribution in [0.25, 0.3) is 0 Å². The Morgan fingerprint density at radius 3 is 2.38 bits per heavy atom. The average Bonchev–Trinajstić information content (AvgIpc) is 3.04. The summed E-state index contributed by atoms with van der Waals surface area (Å²) in [6.07, 6.45) is 9.72. The Morgan fingerprint density at radius 2 is 1.64 bits per heavy atom. The summed E-state index contributed by atoms with van der Waals surface area (Å²) < 4.78 is 63.0. The maximum atomic E-state index is 14.8. The SMILES string of the molecule is Fc1cnc(NCc2ccccc2OC(F)(F)F)nc1NC[C@]12CC3C[C@H](C1)[C@@H](NC[C@H]1CC[C@@H](NC4CCOCC4)CC1)[C@@H](C3)C2. The molecule has 1 aromatic heterocycles. The smallest absolute Gasteiger partial charge is 0.405 e. The van der Waals surface area contributed by atoms with E-state index < -0.39 is 12.2 Å². The number of benzene rings is 1. The molecule has 1 aromatic carbocycles. The first-order valence-corrected chi connectivity index (χ1v) is 17.6. The number of ether oxygens (including phenoxy) is 2. The summed E-state index contributed by atoms with van der Waals surface area (Å²) in [7, 11) is 0. The minimum Gasteiger partial charge on any atom is -0.405 e. The van der Waals surface area contributed by atoms with Gasteiger partial charge in [0.05, 0.1) is 6.20 Å². The minimum absolute atomic E-state index is 0.00464. The fourth-order valence-corrected chi connectivity index (χ4v) is 9.67. The van der Waals surface area contributed by atoms with Gasteiger partial charge < -0.3 is 30.7 Å². The summed E-state index contributed by atoms with van der Waals surface area (Å²) in [5.41, 5.74) is 0.417. The zero-order valence-electron chi connectivity index (χ0n) is 27.0. The fourth-order valence-electron chi connectivity index (χ4n) is 9.67. The molecule has 0 spiro atoms. The van der Waals surface area contributed by atoms with E-state index in [0.29, 0.717) is 42.1 Å². The van der Waals surface area contributed by atoms with E-state index >= 15 is 0 Å². The Hall–Kier alpha value is -2.70. The summed E-state index contributed by atoms with van der Waals surface area (Å²) in [4.78, 5) is 8.36. The lowest BCUT2D eigenvalue weighted by atomic mass is 9.48. The Morgan fingerprint density at radius 1 is 0.915 bits per heavy atom. The number of anilines is 2. The van der Waals surface area contributed by atoms with Gasteiger partial charge in [0.15, 0.2) is 11.6 Å². The molecule has 8 rings (SSSR count). The highest BCUT2D eigenvalue weighted by Crippen LogP contribution is 2.60. The highest BCUT2D eigenvalue weighted by Gasteiger charge is 2.55. The van der Waals surface area contributed by atoms with E-state index in [0.717, 1.165) is 69.9 Å². The summed E-state index contributed by atoms with van der Waals surface area (Å²) in [6.45, 7) is 3.55.